The number of aromatic nitrogens is 2. The summed E-state index contributed by atoms with van der Waals surface area (Å²) in [4.78, 5) is 20.5. The van der Waals surface area contributed by atoms with Crippen molar-refractivity contribution in [2.75, 3.05) is 0 Å². The van der Waals surface area contributed by atoms with Crippen LogP contribution < -0.4 is 5.56 Å². The highest BCUT2D eigenvalue weighted by molar-refractivity contribution is 7.17. The number of benzene rings is 1. The predicted octanol–water partition coefficient (Wildman–Crippen LogP) is 5.29. The van der Waals surface area contributed by atoms with Gasteiger partial charge in [0.15, 0.2) is 5.82 Å². The number of nitrogens with zero attached hydrogens (tertiary/aromatic N) is 1. The molecule has 4 aromatic rings. The van der Waals surface area contributed by atoms with Crippen molar-refractivity contribution < 1.29 is 4.42 Å². The van der Waals surface area contributed by atoms with Gasteiger partial charge in [-0.25, -0.2) is 4.98 Å². The fourth-order valence-corrected chi connectivity index (χ4v) is 3.79. The maximum atomic E-state index is 12.6. The first-order chi connectivity index (χ1) is 12.1. The van der Waals surface area contributed by atoms with Gasteiger partial charge in [-0.2, -0.15) is 0 Å². The fourth-order valence-electron chi connectivity index (χ4n) is 2.65. The number of aromatic amines is 1. The molecule has 0 saturated carbocycles. The molecule has 0 atom stereocenters. The average molecular weight is 369 g/mol. The Morgan fingerprint density at radius 3 is 2.96 bits per heavy atom. The molecule has 1 N–H and O–H groups in total. The Labute approximate surface area is 152 Å². The normalized spacial score (nSPS) is 12.0. The summed E-state index contributed by atoms with van der Waals surface area (Å²) in [7, 11) is 0. The monoisotopic (exact) mass is 368 g/mol. The molecular formula is C19H13ClN2O2S. The number of halogens is 1. The van der Waals surface area contributed by atoms with E-state index in [-0.39, 0.29) is 5.56 Å². The molecule has 0 spiro atoms. The van der Waals surface area contributed by atoms with Crippen LogP contribution in [0.3, 0.4) is 0 Å². The summed E-state index contributed by atoms with van der Waals surface area (Å²) in [6.07, 6.45) is 3.37. The summed E-state index contributed by atoms with van der Waals surface area (Å²) >= 11 is 7.78. The Balaban J connectivity index is 1.81. The van der Waals surface area contributed by atoms with E-state index >= 15 is 0 Å². The van der Waals surface area contributed by atoms with E-state index in [4.69, 9.17) is 16.0 Å². The highest BCUT2D eigenvalue weighted by Gasteiger charge is 2.15. The van der Waals surface area contributed by atoms with Crippen molar-refractivity contribution in [2.45, 2.75) is 6.92 Å². The molecule has 0 aliphatic heterocycles. The van der Waals surface area contributed by atoms with Gasteiger partial charge in [-0.05, 0) is 30.7 Å². The number of H-pyrrole nitrogens is 1. The lowest BCUT2D eigenvalue weighted by molar-refractivity contribution is 0.583. The Bertz CT molecular complexity index is 1140. The lowest BCUT2D eigenvalue weighted by Crippen LogP contribution is -2.10. The van der Waals surface area contributed by atoms with Gasteiger partial charge < -0.3 is 9.40 Å². The van der Waals surface area contributed by atoms with Crippen molar-refractivity contribution in [3.8, 4) is 11.3 Å². The van der Waals surface area contributed by atoms with E-state index in [2.05, 4.69) is 9.97 Å². The fraction of sp³-hybridized carbons (Fsp3) is 0.0526. The molecule has 6 heteroatoms. The largest absolute Gasteiger partial charge is 0.464 e. The quantitative estimate of drug-likeness (QED) is 0.534. The van der Waals surface area contributed by atoms with Crippen molar-refractivity contribution in [1.29, 1.82) is 0 Å². The van der Waals surface area contributed by atoms with Gasteiger partial charge in [0.25, 0.3) is 5.56 Å². The van der Waals surface area contributed by atoms with E-state index in [1.54, 1.807) is 18.4 Å². The molecule has 0 amide bonds. The molecule has 0 radical (unpaired) electrons. The maximum absolute atomic E-state index is 12.6. The smallest absolute Gasteiger partial charge is 0.260 e. The predicted molar refractivity (Wildman–Crippen MR) is 103 cm³/mol. The number of fused-ring (bicyclic) bond motifs is 1. The standard InChI is InChI=1S/C19H13ClN2O2S/c1-11-4-2-5-12(8-11)9-14(20)17-21-18(23)16-13(10-25-19(16)22-17)15-6-3-7-24-15/h2-10H,1H3,(H,21,22,23)/b14-9-. The zero-order valence-corrected chi connectivity index (χ0v) is 14.8. The zero-order chi connectivity index (χ0) is 17.4. The second kappa shape index (κ2) is 6.35. The topological polar surface area (TPSA) is 58.9 Å². The van der Waals surface area contributed by atoms with Crippen molar-refractivity contribution >= 4 is 44.3 Å². The third-order valence-electron chi connectivity index (χ3n) is 3.79. The summed E-state index contributed by atoms with van der Waals surface area (Å²) in [5.41, 5.74) is 2.60. The summed E-state index contributed by atoms with van der Waals surface area (Å²) in [6.45, 7) is 2.01. The van der Waals surface area contributed by atoms with E-state index in [9.17, 15) is 4.79 Å². The summed E-state index contributed by atoms with van der Waals surface area (Å²) in [5, 5.41) is 2.77. The third-order valence-corrected chi connectivity index (χ3v) is 4.95. The van der Waals surface area contributed by atoms with Crippen LogP contribution in [0.25, 0.3) is 32.6 Å². The molecule has 0 aliphatic carbocycles. The molecule has 3 aromatic heterocycles. The van der Waals surface area contributed by atoms with Crippen molar-refractivity contribution in [1.82, 2.24) is 9.97 Å². The number of hydrogen-bond acceptors (Lipinski definition) is 4. The minimum atomic E-state index is -0.233. The van der Waals surface area contributed by atoms with Gasteiger partial charge >= 0.3 is 0 Å². The van der Waals surface area contributed by atoms with Crippen LogP contribution in [0, 0.1) is 6.92 Å². The van der Waals surface area contributed by atoms with Crippen molar-refractivity contribution in [3.63, 3.8) is 0 Å². The van der Waals surface area contributed by atoms with E-state index in [1.807, 2.05) is 42.6 Å². The summed E-state index contributed by atoms with van der Waals surface area (Å²) in [5.74, 6) is 1.00. The maximum Gasteiger partial charge on any atom is 0.260 e. The van der Waals surface area contributed by atoms with Gasteiger partial charge in [0, 0.05) is 10.9 Å². The van der Waals surface area contributed by atoms with Gasteiger partial charge in [-0.15, -0.1) is 11.3 Å². The number of rotatable bonds is 3. The van der Waals surface area contributed by atoms with E-state index < -0.39 is 0 Å². The molecule has 4 rings (SSSR count). The molecule has 0 unspecified atom stereocenters. The average Bonchev–Trinajstić information content (AvgIpc) is 3.23. The molecule has 124 valence electrons. The molecular weight excluding hydrogens is 356 g/mol. The van der Waals surface area contributed by atoms with Crippen LogP contribution in [0.2, 0.25) is 0 Å². The van der Waals surface area contributed by atoms with Gasteiger partial charge in [0.2, 0.25) is 0 Å². The van der Waals surface area contributed by atoms with E-state index in [0.717, 1.165) is 16.7 Å². The molecule has 0 aliphatic rings. The Morgan fingerprint density at radius 1 is 1.32 bits per heavy atom. The number of nitrogens with one attached hydrogen (secondary N) is 1. The number of furan rings is 1. The van der Waals surface area contributed by atoms with Gasteiger partial charge in [-0.1, -0.05) is 41.4 Å². The first kappa shape index (κ1) is 15.9. The SMILES string of the molecule is Cc1cccc(/C=C(\Cl)c2nc3scc(-c4ccco4)c3c(=O)[nH]2)c1. The van der Waals surface area contributed by atoms with Crippen LogP contribution in [0.1, 0.15) is 17.0 Å². The van der Waals surface area contributed by atoms with Crippen molar-refractivity contribution in [3.05, 3.63) is 75.3 Å². The molecule has 0 bridgehead atoms. The Morgan fingerprint density at radius 2 is 2.20 bits per heavy atom. The number of thiophene rings is 1. The highest BCUT2D eigenvalue weighted by Crippen LogP contribution is 2.31. The van der Waals surface area contributed by atoms with Crippen LogP contribution in [-0.4, -0.2) is 9.97 Å². The van der Waals surface area contributed by atoms with Gasteiger partial charge in [-0.3, -0.25) is 4.79 Å². The molecule has 4 nitrogen and oxygen atoms in total. The second-order valence-corrected chi connectivity index (χ2v) is 6.89. The minimum Gasteiger partial charge on any atom is -0.464 e. The summed E-state index contributed by atoms with van der Waals surface area (Å²) in [6, 6.07) is 11.5. The molecule has 0 saturated heterocycles. The second-order valence-electron chi connectivity index (χ2n) is 5.63. The van der Waals surface area contributed by atoms with Crippen LogP contribution in [-0.2, 0) is 0 Å². The zero-order valence-electron chi connectivity index (χ0n) is 13.2. The molecule has 1 aromatic carbocycles. The molecule has 25 heavy (non-hydrogen) atoms. The molecule has 3 heterocycles. The summed E-state index contributed by atoms with van der Waals surface area (Å²) < 4.78 is 5.40. The van der Waals surface area contributed by atoms with Gasteiger partial charge in [0.05, 0.1) is 16.7 Å². The van der Waals surface area contributed by atoms with Crippen LogP contribution >= 0.6 is 22.9 Å². The lowest BCUT2D eigenvalue weighted by atomic mass is 10.1. The number of aryl methyl sites for hydroxylation is 1. The van der Waals surface area contributed by atoms with Crippen LogP contribution in [0.5, 0.6) is 0 Å². The Hall–Kier alpha value is -2.63. The minimum absolute atomic E-state index is 0.233. The van der Waals surface area contributed by atoms with E-state index in [0.29, 0.717) is 26.8 Å². The van der Waals surface area contributed by atoms with E-state index in [1.165, 1.54) is 11.3 Å². The highest BCUT2D eigenvalue weighted by atomic mass is 35.5. The van der Waals surface area contributed by atoms with Crippen LogP contribution in [0.15, 0.2) is 57.3 Å². The first-order valence-corrected chi connectivity index (χ1v) is 8.87. The van der Waals surface area contributed by atoms with Crippen molar-refractivity contribution in [2.24, 2.45) is 0 Å². The first-order valence-electron chi connectivity index (χ1n) is 7.61. The molecule has 0 fully saturated rings. The number of hydrogen-bond donors (Lipinski definition) is 1. The third kappa shape index (κ3) is 3.04. The van der Waals surface area contributed by atoms with Crippen LogP contribution in [0.4, 0.5) is 0 Å². The Kier molecular flexibility index (Phi) is 4.03. The van der Waals surface area contributed by atoms with Gasteiger partial charge in [0.1, 0.15) is 10.6 Å². The lowest BCUT2D eigenvalue weighted by Gasteiger charge is -2.01.